The van der Waals surface area contributed by atoms with Crippen LogP contribution in [-0.2, 0) is 12.3 Å². The highest BCUT2D eigenvalue weighted by Gasteiger charge is 2.14. The number of thioether (sulfide) groups is 1. The SMILES string of the molecule is CC(C)(C)SCc1noc(-c2cccc(CN)c2)n1. The molecule has 0 bridgehead atoms. The highest BCUT2D eigenvalue weighted by molar-refractivity contribution is 7.99. The molecule has 0 radical (unpaired) electrons. The van der Waals surface area contributed by atoms with Gasteiger partial charge in [0.15, 0.2) is 5.82 Å². The molecule has 102 valence electrons. The fourth-order valence-corrected chi connectivity index (χ4v) is 2.22. The number of hydrogen-bond acceptors (Lipinski definition) is 5. The zero-order valence-electron chi connectivity index (χ0n) is 11.5. The number of nitrogens with zero attached hydrogens (tertiary/aromatic N) is 2. The standard InChI is InChI=1S/C14H19N3OS/c1-14(2,3)19-9-12-16-13(18-17-12)11-6-4-5-10(7-11)8-15/h4-7H,8-9,15H2,1-3H3. The van der Waals surface area contributed by atoms with E-state index in [2.05, 4.69) is 30.9 Å². The minimum Gasteiger partial charge on any atom is -0.334 e. The van der Waals surface area contributed by atoms with Gasteiger partial charge in [0.1, 0.15) is 0 Å². The molecule has 0 spiro atoms. The molecule has 5 heteroatoms. The summed E-state index contributed by atoms with van der Waals surface area (Å²) in [6.07, 6.45) is 0. The van der Waals surface area contributed by atoms with Gasteiger partial charge in [-0.25, -0.2) is 0 Å². The van der Waals surface area contributed by atoms with E-state index in [9.17, 15) is 0 Å². The molecule has 0 atom stereocenters. The number of hydrogen-bond donors (Lipinski definition) is 1. The number of nitrogens with two attached hydrogens (primary N) is 1. The molecule has 4 nitrogen and oxygen atoms in total. The average molecular weight is 277 g/mol. The summed E-state index contributed by atoms with van der Waals surface area (Å²) in [5.74, 6) is 2.04. The van der Waals surface area contributed by atoms with Crippen LogP contribution in [0.4, 0.5) is 0 Å². The van der Waals surface area contributed by atoms with Gasteiger partial charge in [0.05, 0.1) is 5.75 Å². The van der Waals surface area contributed by atoms with Gasteiger partial charge in [0.25, 0.3) is 5.89 Å². The lowest BCUT2D eigenvalue weighted by molar-refractivity contribution is 0.425. The molecule has 0 unspecified atom stereocenters. The Morgan fingerprint density at radius 2 is 2.11 bits per heavy atom. The van der Waals surface area contributed by atoms with Crippen molar-refractivity contribution >= 4 is 11.8 Å². The third kappa shape index (κ3) is 4.08. The van der Waals surface area contributed by atoms with E-state index in [-0.39, 0.29) is 4.75 Å². The molecular weight excluding hydrogens is 258 g/mol. The Hall–Kier alpha value is -1.33. The fraction of sp³-hybridized carbons (Fsp3) is 0.429. The molecule has 0 saturated heterocycles. The lowest BCUT2D eigenvalue weighted by atomic mass is 10.1. The lowest BCUT2D eigenvalue weighted by Crippen LogP contribution is -2.07. The Morgan fingerprint density at radius 3 is 2.79 bits per heavy atom. The van der Waals surface area contributed by atoms with Crippen LogP contribution in [0.5, 0.6) is 0 Å². The largest absolute Gasteiger partial charge is 0.334 e. The Kier molecular flexibility index (Phi) is 4.27. The summed E-state index contributed by atoms with van der Waals surface area (Å²) in [5.41, 5.74) is 7.60. The number of aromatic nitrogens is 2. The highest BCUT2D eigenvalue weighted by atomic mass is 32.2. The maximum absolute atomic E-state index is 5.63. The molecular formula is C14H19N3OS. The van der Waals surface area contributed by atoms with Crippen molar-refractivity contribution in [3.05, 3.63) is 35.7 Å². The monoisotopic (exact) mass is 277 g/mol. The summed E-state index contributed by atoms with van der Waals surface area (Å²) in [5, 5.41) is 4.01. The van der Waals surface area contributed by atoms with E-state index >= 15 is 0 Å². The topological polar surface area (TPSA) is 64.9 Å². The third-order valence-corrected chi connectivity index (χ3v) is 3.78. The Bertz CT molecular complexity index is 546. The van der Waals surface area contributed by atoms with Gasteiger partial charge in [-0.2, -0.15) is 4.98 Å². The lowest BCUT2D eigenvalue weighted by Gasteiger charge is -2.15. The van der Waals surface area contributed by atoms with Crippen molar-refractivity contribution in [1.29, 1.82) is 0 Å². The number of benzene rings is 1. The van der Waals surface area contributed by atoms with E-state index in [4.69, 9.17) is 10.3 Å². The summed E-state index contributed by atoms with van der Waals surface area (Å²) >= 11 is 1.80. The van der Waals surface area contributed by atoms with Crippen molar-refractivity contribution in [3.63, 3.8) is 0 Å². The van der Waals surface area contributed by atoms with Gasteiger partial charge in [0, 0.05) is 16.9 Å². The molecule has 19 heavy (non-hydrogen) atoms. The first kappa shape index (κ1) is 14.1. The van der Waals surface area contributed by atoms with E-state index in [1.807, 2.05) is 24.3 Å². The molecule has 0 aliphatic heterocycles. The highest BCUT2D eigenvalue weighted by Crippen LogP contribution is 2.27. The van der Waals surface area contributed by atoms with Crippen LogP contribution in [0.3, 0.4) is 0 Å². The maximum Gasteiger partial charge on any atom is 0.257 e. The fourth-order valence-electron chi connectivity index (χ4n) is 1.54. The van der Waals surface area contributed by atoms with Crippen LogP contribution < -0.4 is 5.73 Å². The van der Waals surface area contributed by atoms with Gasteiger partial charge in [0.2, 0.25) is 0 Å². The van der Waals surface area contributed by atoms with Crippen LogP contribution in [0.25, 0.3) is 11.5 Å². The second-order valence-corrected chi connectivity index (χ2v) is 7.12. The average Bonchev–Trinajstić information content (AvgIpc) is 2.84. The van der Waals surface area contributed by atoms with Crippen molar-refractivity contribution < 1.29 is 4.52 Å². The zero-order chi connectivity index (χ0) is 13.9. The van der Waals surface area contributed by atoms with Gasteiger partial charge in [-0.3, -0.25) is 0 Å². The molecule has 2 N–H and O–H groups in total. The van der Waals surface area contributed by atoms with Crippen molar-refractivity contribution in [2.24, 2.45) is 5.73 Å². The van der Waals surface area contributed by atoms with Gasteiger partial charge in [-0.15, -0.1) is 11.8 Å². The third-order valence-electron chi connectivity index (χ3n) is 2.51. The second-order valence-electron chi connectivity index (χ2n) is 5.32. The summed E-state index contributed by atoms with van der Waals surface area (Å²) in [6, 6.07) is 7.86. The van der Waals surface area contributed by atoms with Crippen LogP contribution >= 0.6 is 11.8 Å². The van der Waals surface area contributed by atoms with E-state index < -0.39 is 0 Å². The van der Waals surface area contributed by atoms with Crippen LogP contribution in [0, 0.1) is 0 Å². The predicted octanol–water partition coefficient (Wildman–Crippen LogP) is 3.23. The summed E-state index contributed by atoms with van der Waals surface area (Å²) < 4.78 is 5.49. The predicted molar refractivity (Wildman–Crippen MR) is 78.7 cm³/mol. The molecule has 2 aromatic rings. The second kappa shape index (κ2) is 5.75. The molecule has 1 heterocycles. The van der Waals surface area contributed by atoms with E-state index in [1.165, 1.54) is 0 Å². The van der Waals surface area contributed by atoms with Crippen molar-refractivity contribution in [2.45, 2.75) is 37.8 Å². The van der Waals surface area contributed by atoms with Crippen LogP contribution in [0.1, 0.15) is 32.2 Å². The number of rotatable bonds is 4. The van der Waals surface area contributed by atoms with E-state index in [1.54, 1.807) is 11.8 Å². The van der Waals surface area contributed by atoms with Crippen LogP contribution in [0.2, 0.25) is 0 Å². The minimum absolute atomic E-state index is 0.195. The van der Waals surface area contributed by atoms with Gasteiger partial charge in [-0.05, 0) is 17.7 Å². The molecule has 0 aliphatic rings. The van der Waals surface area contributed by atoms with Gasteiger partial charge in [-0.1, -0.05) is 38.1 Å². The Labute approximate surface area is 117 Å². The summed E-state index contributed by atoms with van der Waals surface area (Å²) in [6.45, 7) is 7.02. The molecule has 0 aliphatic carbocycles. The Morgan fingerprint density at radius 1 is 1.32 bits per heavy atom. The molecule has 2 rings (SSSR count). The van der Waals surface area contributed by atoms with E-state index in [0.29, 0.717) is 12.4 Å². The molecule has 0 amide bonds. The quantitative estimate of drug-likeness (QED) is 0.929. The molecule has 1 aromatic carbocycles. The molecule has 0 fully saturated rings. The first-order valence-electron chi connectivity index (χ1n) is 6.24. The van der Waals surface area contributed by atoms with E-state index in [0.717, 1.165) is 22.7 Å². The van der Waals surface area contributed by atoms with Gasteiger partial charge < -0.3 is 10.3 Å². The van der Waals surface area contributed by atoms with Crippen molar-refractivity contribution in [1.82, 2.24) is 10.1 Å². The van der Waals surface area contributed by atoms with Crippen molar-refractivity contribution in [3.8, 4) is 11.5 Å². The molecule has 0 saturated carbocycles. The smallest absolute Gasteiger partial charge is 0.257 e. The van der Waals surface area contributed by atoms with Crippen molar-refractivity contribution in [2.75, 3.05) is 0 Å². The van der Waals surface area contributed by atoms with Gasteiger partial charge >= 0.3 is 0 Å². The first-order valence-corrected chi connectivity index (χ1v) is 7.22. The van der Waals surface area contributed by atoms with Crippen LogP contribution in [0.15, 0.2) is 28.8 Å². The summed E-state index contributed by atoms with van der Waals surface area (Å²) in [7, 11) is 0. The van der Waals surface area contributed by atoms with Crippen LogP contribution in [-0.4, -0.2) is 14.9 Å². The molecule has 1 aromatic heterocycles. The zero-order valence-corrected chi connectivity index (χ0v) is 12.3. The summed E-state index contributed by atoms with van der Waals surface area (Å²) in [4.78, 5) is 4.42. The Balaban J connectivity index is 2.12. The normalized spacial score (nSPS) is 11.8. The minimum atomic E-state index is 0.195. The first-order chi connectivity index (χ1) is 8.98. The maximum atomic E-state index is 5.63.